The third-order valence-electron chi connectivity index (χ3n) is 15.4. The number of nitrogens with two attached hydrogens (primary N) is 2. The average molecular weight is 1410 g/mol. The van der Waals surface area contributed by atoms with Gasteiger partial charge in [-0.05, 0) is 92.4 Å². The average Bonchev–Trinajstić information content (AvgIpc) is 0.856. The van der Waals surface area contributed by atoms with Crippen LogP contribution in [0, 0.1) is 23.7 Å². The molecule has 550 valence electrons. The quantitative estimate of drug-likeness (QED) is 0.0304. The Hall–Kier alpha value is -9.19. The van der Waals surface area contributed by atoms with Gasteiger partial charge in [-0.25, -0.2) is 4.79 Å². The summed E-state index contributed by atoms with van der Waals surface area (Å²) in [6.07, 6.45) is -2.37. The van der Waals surface area contributed by atoms with Crippen LogP contribution in [0.5, 0.6) is 5.75 Å². The number of carbonyl (C=O) groups excluding carboxylic acids is 12. The molecule has 0 radical (unpaired) electrons. The first-order chi connectivity index (χ1) is 45.8. The number of benzene rings is 1. The molecule has 1 aromatic rings. The van der Waals surface area contributed by atoms with Gasteiger partial charge >= 0.3 is 23.9 Å². The topological polar surface area (TPSA) is 579 Å². The number of carbonyl (C=O) groups is 16. The molecule has 0 unspecified atom stereocenters. The second kappa shape index (κ2) is 43.9. The summed E-state index contributed by atoms with van der Waals surface area (Å²) in [5.74, 6) is -20.4. The van der Waals surface area contributed by atoms with Gasteiger partial charge in [-0.2, -0.15) is 11.8 Å². The van der Waals surface area contributed by atoms with Gasteiger partial charge in [0.05, 0.1) is 25.5 Å². The first-order valence-electron chi connectivity index (χ1n) is 31.9. The molecule has 0 heterocycles. The van der Waals surface area contributed by atoms with Crippen molar-refractivity contribution in [2.75, 3.05) is 18.6 Å². The highest BCUT2D eigenvalue weighted by Gasteiger charge is 2.39. The van der Waals surface area contributed by atoms with Gasteiger partial charge in [-0.3, -0.25) is 71.9 Å². The summed E-state index contributed by atoms with van der Waals surface area (Å²) in [5, 5.41) is 84.2. The summed E-state index contributed by atoms with van der Waals surface area (Å²) in [4.78, 5) is 211. The van der Waals surface area contributed by atoms with E-state index < -0.39 is 224 Å². The van der Waals surface area contributed by atoms with Gasteiger partial charge in [0.2, 0.25) is 70.9 Å². The second-order valence-corrected chi connectivity index (χ2v) is 25.6. The Morgan fingerprint density at radius 1 is 0.439 bits per heavy atom. The Morgan fingerprint density at radius 2 is 0.816 bits per heavy atom. The van der Waals surface area contributed by atoms with Crippen molar-refractivity contribution in [1.82, 2.24) is 58.5 Å². The maximum Gasteiger partial charge on any atom is 0.326 e. The van der Waals surface area contributed by atoms with Crippen LogP contribution in [0.25, 0.3) is 0 Å². The Balaban J connectivity index is 3.54. The fraction of sp³-hybridized carbons (Fsp3) is 0.645. The van der Waals surface area contributed by atoms with Crippen LogP contribution in [0.2, 0.25) is 0 Å². The Bertz CT molecular complexity index is 2940. The smallest absolute Gasteiger partial charge is 0.326 e. The summed E-state index contributed by atoms with van der Waals surface area (Å²) in [6.45, 7) is 13.3. The molecule has 0 spiro atoms. The monoisotopic (exact) mass is 1410 g/mol. The lowest BCUT2D eigenvalue weighted by Crippen LogP contribution is -2.62. The van der Waals surface area contributed by atoms with Crippen molar-refractivity contribution in [3.05, 3.63) is 29.8 Å². The van der Waals surface area contributed by atoms with Crippen molar-refractivity contribution >= 4 is 107 Å². The molecule has 21 N–H and O–H groups in total. The Labute approximate surface area is 571 Å². The third-order valence-corrected chi connectivity index (χ3v) is 16.0. The lowest BCUT2D eigenvalue weighted by Gasteiger charge is -2.31. The Kier molecular flexibility index (Phi) is 38.9. The summed E-state index contributed by atoms with van der Waals surface area (Å²) in [5.41, 5.74) is 11.8. The van der Waals surface area contributed by atoms with Crippen LogP contribution in [0.4, 0.5) is 0 Å². The second-order valence-electron chi connectivity index (χ2n) is 24.6. The summed E-state index contributed by atoms with van der Waals surface area (Å²) in [7, 11) is 0. The van der Waals surface area contributed by atoms with Gasteiger partial charge < -0.3 is 101 Å². The molecule has 12 amide bonds. The molecule has 0 aliphatic carbocycles. The highest BCUT2D eigenvalue weighted by Crippen LogP contribution is 2.17. The van der Waals surface area contributed by atoms with Crippen LogP contribution in [0.3, 0.4) is 0 Å². The molecule has 36 heteroatoms. The SMILES string of the molecule is CC[C@H](C)[C@H](NC(=O)[C@H](CC(C)C)NC(=O)[C@@H](NC(=O)[C@H](CC(N)=O)NC(=O)[C@H](C)NC(=O)[C@H](CC(C)C)NC(=O)[C@H](Cc1ccc(O)cc1)NC(=O)[C@H](CO)NC(=O)[C@H](CCC(=O)O)NC(=O)[C@@H](N)CCSC)[C@@H](C)CC)C(=O)N[C@@H](CC(=O)O)C(=O)N[C@@H](CCC(=O)O)C(=O)O. The minimum Gasteiger partial charge on any atom is -0.508 e. The lowest BCUT2D eigenvalue weighted by molar-refractivity contribution is -0.144. The number of phenols is 1. The standard InChI is InChI=1S/C62H99N13O22S/c1-11-31(7)49(60(94)71-40(24-30(5)6)57(91)74-50(32(8)12-2)61(95)72-43(27-48(83)84)56(90)67-38(62(96)97)18-20-47(81)82)75-58(92)42(26-45(64)78)68-51(85)33(9)65-54(88)39(23-29(3)4)69-55(89)41(25-34-13-15-35(77)16-14-34)70-59(93)44(28-76)73-53(87)37(17-19-46(79)80)66-52(86)36(63)21-22-98-10/h13-16,29-33,36-44,49-50,76-77H,11-12,17-28,63H2,1-10H3,(H2,64,78)(H,65,88)(H,66,86)(H,67,90)(H,68,85)(H,69,89)(H,70,93)(H,71,94)(H,72,95)(H,73,87)(H,74,91)(H,75,92)(H,79,80)(H,81,82)(H,83,84)(H,96,97)/t31-,32-,33-,36-,37-,38-,39-,40-,41-,42-,43-,44-,49-,50-/m0/s1. The predicted molar refractivity (Wildman–Crippen MR) is 352 cm³/mol. The number of nitrogens with one attached hydrogen (secondary N) is 11. The summed E-state index contributed by atoms with van der Waals surface area (Å²) < 4.78 is 0. The number of aliphatic carboxylic acids is 4. The van der Waals surface area contributed by atoms with Gasteiger partial charge in [-0.1, -0.05) is 80.4 Å². The predicted octanol–water partition coefficient (Wildman–Crippen LogP) is -3.29. The van der Waals surface area contributed by atoms with Crippen LogP contribution in [-0.4, -0.2) is 217 Å². The van der Waals surface area contributed by atoms with Gasteiger partial charge in [0.25, 0.3) is 0 Å². The van der Waals surface area contributed by atoms with Crippen LogP contribution in [0.15, 0.2) is 24.3 Å². The van der Waals surface area contributed by atoms with E-state index in [0.717, 1.165) is 0 Å². The molecule has 35 nitrogen and oxygen atoms in total. The molecule has 0 saturated heterocycles. The Morgan fingerprint density at radius 3 is 1.27 bits per heavy atom. The number of rotatable bonds is 47. The van der Waals surface area contributed by atoms with E-state index in [1.807, 2.05) is 5.32 Å². The first-order valence-corrected chi connectivity index (χ1v) is 33.3. The largest absolute Gasteiger partial charge is 0.508 e. The normalized spacial score (nSPS) is 15.4. The molecular formula is C62H99N13O22S. The van der Waals surface area contributed by atoms with E-state index in [-0.39, 0.29) is 56.1 Å². The van der Waals surface area contributed by atoms with Crippen molar-refractivity contribution in [2.45, 2.75) is 212 Å². The number of carboxylic acids is 4. The van der Waals surface area contributed by atoms with Crippen LogP contribution < -0.4 is 70.0 Å². The van der Waals surface area contributed by atoms with Crippen LogP contribution in [-0.2, 0) is 83.1 Å². The van der Waals surface area contributed by atoms with Crippen molar-refractivity contribution in [3.63, 3.8) is 0 Å². The number of amides is 12. The van der Waals surface area contributed by atoms with E-state index in [0.29, 0.717) is 11.3 Å². The lowest BCUT2D eigenvalue weighted by atomic mass is 9.95. The van der Waals surface area contributed by atoms with Crippen LogP contribution in [0.1, 0.15) is 139 Å². The van der Waals surface area contributed by atoms with Crippen molar-refractivity contribution in [3.8, 4) is 5.75 Å². The maximum absolute atomic E-state index is 14.3. The van der Waals surface area contributed by atoms with Gasteiger partial charge in [0.1, 0.15) is 72.2 Å². The first kappa shape index (κ1) is 86.8. The number of aliphatic hydroxyl groups is 1. The van der Waals surface area contributed by atoms with E-state index >= 15 is 0 Å². The van der Waals surface area contributed by atoms with Gasteiger partial charge in [0.15, 0.2) is 0 Å². The number of aliphatic hydroxyl groups excluding tert-OH is 1. The van der Waals surface area contributed by atoms with E-state index in [9.17, 15) is 102 Å². The van der Waals surface area contributed by atoms with E-state index in [2.05, 4.69) is 53.2 Å². The minimum atomic E-state index is -1.92. The number of carboxylic acid groups (broad SMARTS) is 4. The molecule has 0 aliphatic rings. The highest BCUT2D eigenvalue weighted by atomic mass is 32.2. The van der Waals surface area contributed by atoms with Gasteiger partial charge in [-0.15, -0.1) is 0 Å². The zero-order valence-electron chi connectivity index (χ0n) is 56.7. The number of phenolic OH excluding ortho intramolecular Hbond substituents is 1. The fourth-order valence-electron chi connectivity index (χ4n) is 9.39. The molecule has 0 fully saturated rings. The maximum atomic E-state index is 14.3. The summed E-state index contributed by atoms with van der Waals surface area (Å²) in [6, 6.07) is -13.7. The number of hydrogen-bond acceptors (Lipinski definition) is 20. The molecule has 0 aromatic heterocycles. The van der Waals surface area contributed by atoms with E-state index in [1.54, 1.807) is 54.7 Å². The molecule has 0 bridgehead atoms. The zero-order chi connectivity index (χ0) is 74.8. The summed E-state index contributed by atoms with van der Waals surface area (Å²) >= 11 is 1.40. The number of thioether (sulfide) groups is 1. The van der Waals surface area contributed by atoms with E-state index in [1.165, 1.54) is 49.9 Å². The molecular weight excluding hydrogens is 1310 g/mol. The van der Waals surface area contributed by atoms with Gasteiger partial charge in [0, 0.05) is 19.3 Å². The minimum absolute atomic E-state index is 0.0844. The number of hydrogen-bond donors (Lipinski definition) is 19. The molecule has 0 saturated carbocycles. The molecule has 14 atom stereocenters. The van der Waals surface area contributed by atoms with Crippen molar-refractivity contribution < 1.29 is 107 Å². The third kappa shape index (κ3) is 32.2. The highest BCUT2D eigenvalue weighted by molar-refractivity contribution is 7.98. The number of aromatic hydroxyl groups is 1. The number of primary amides is 1. The molecule has 98 heavy (non-hydrogen) atoms. The zero-order valence-corrected chi connectivity index (χ0v) is 57.5. The van der Waals surface area contributed by atoms with Crippen LogP contribution >= 0.6 is 11.8 Å². The van der Waals surface area contributed by atoms with Crippen molar-refractivity contribution in [1.29, 1.82) is 0 Å². The molecule has 1 aromatic carbocycles. The van der Waals surface area contributed by atoms with E-state index in [4.69, 9.17) is 16.6 Å². The van der Waals surface area contributed by atoms with Crippen molar-refractivity contribution in [2.24, 2.45) is 35.1 Å². The molecule has 1 rings (SSSR count). The molecule has 0 aliphatic heterocycles. The fourth-order valence-corrected chi connectivity index (χ4v) is 9.88.